The van der Waals surface area contributed by atoms with Crippen LogP contribution in [-0.2, 0) is 15.1 Å². The maximum Gasteiger partial charge on any atom is 0.323 e. The molecule has 18 heavy (non-hydrogen) atoms. The van der Waals surface area contributed by atoms with Crippen molar-refractivity contribution in [3.63, 3.8) is 0 Å². The largest absolute Gasteiger partial charge is 0.497 e. The molecule has 4 amide bonds. The van der Waals surface area contributed by atoms with Crippen molar-refractivity contribution in [3.05, 3.63) is 29.8 Å². The van der Waals surface area contributed by atoms with Crippen molar-refractivity contribution in [2.45, 2.75) is 5.54 Å². The molecule has 0 aromatic heterocycles. The van der Waals surface area contributed by atoms with Crippen LogP contribution in [0.1, 0.15) is 5.56 Å². The van der Waals surface area contributed by atoms with E-state index in [1.165, 1.54) is 19.2 Å². The molecule has 7 heteroatoms. The van der Waals surface area contributed by atoms with E-state index >= 15 is 0 Å². The van der Waals surface area contributed by atoms with Crippen LogP contribution in [0.4, 0.5) is 4.79 Å². The van der Waals surface area contributed by atoms with E-state index in [9.17, 15) is 14.4 Å². The number of urea groups is 1. The summed E-state index contributed by atoms with van der Waals surface area (Å²) in [5, 5.41) is 4.25. The Labute approximate surface area is 102 Å². The summed E-state index contributed by atoms with van der Waals surface area (Å²) in [6, 6.07) is 5.37. The van der Waals surface area contributed by atoms with E-state index in [1.54, 1.807) is 12.1 Å². The number of carbonyl (C=O) groups excluding carboxylic acids is 3. The third-order valence-electron chi connectivity index (χ3n) is 2.76. The molecule has 1 fully saturated rings. The van der Waals surface area contributed by atoms with Gasteiger partial charge in [0.25, 0.3) is 11.8 Å². The van der Waals surface area contributed by atoms with Crippen LogP contribution in [0.15, 0.2) is 24.3 Å². The fraction of sp³-hybridized carbons (Fsp3) is 0.182. The molecule has 1 aliphatic rings. The van der Waals surface area contributed by atoms with Crippen LogP contribution in [0.5, 0.6) is 5.75 Å². The Morgan fingerprint density at radius 1 is 1.28 bits per heavy atom. The minimum Gasteiger partial charge on any atom is -0.497 e. The summed E-state index contributed by atoms with van der Waals surface area (Å²) >= 11 is 0. The zero-order valence-electron chi connectivity index (χ0n) is 9.52. The zero-order chi connectivity index (χ0) is 13.3. The van der Waals surface area contributed by atoms with Gasteiger partial charge in [-0.25, -0.2) is 4.79 Å². The Bertz CT molecular complexity index is 526. The lowest BCUT2D eigenvalue weighted by molar-refractivity contribution is -0.134. The van der Waals surface area contributed by atoms with Crippen molar-refractivity contribution in [3.8, 4) is 5.75 Å². The van der Waals surface area contributed by atoms with Crippen molar-refractivity contribution in [1.29, 1.82) is 0 Å². The molecule has 2 rings (SSSR count). The number of primary amides is 1. The summed E-state index contributed by atoms with van der Waals surface area (Å²) < 4.78 is 4.97. The lowest BCUT2D eigenvalue weighted by Gasteiger charge is -2.22. The molecule has 0 bridgehead atoms. The van der Waals surface area contributed by atoms with E-state index in [-0.39, 0.29) is 5.56 Å². The third-order valence-corrected chi connectivity index (χ3v) is 2.76. The number of imide groups is 1. The van der Waals surface area contributed by atoms with Gasteiger partial charge in [0.15, 0.2) is 0 Å². The molecule has 94 valence electrons. The predicted octanol–water partition coefficient (Wildman–Crippen LogP) is -0.785. The van der Waals surface area contributed by atoms with Gasteiger partial charge in [-0.05, 0) is 17.7 Å². The maximum atomic E-state index is 11.8. The van der Waals surface area contributed by atoms with Crippen LogP contribution in [-0.4, -0.2) is 25.0 Å². The molecule has 1 saturated heterocycles. The lowest BCUT2D eigenvalue weighted by Crippen LogP contribution is -2.54. The third kappa shape index (κ3) is 1.56. The molecular formula is C11H11N3O4. The average Bonchev–Trinajstić information content (AvgIpc) is 2.65. The van der Waals surface area contributed by atoms with Crippen molar-refractivity contribution < 1.29 is 19.1 Å². The molecule has 0 aliphatic carbocycles. The molecule has 1 aliphatic heterocycles. The van der Waals surface area contributed by atoms with Gasteiger partial charge in [-0.15, -0.1) is 0 Å². The van der Waals surface area contributed by atoms with Gasteiger partial charge < -0.3 is 15.8 Å². The molecule has 0 spiro atoms. The van der Waals surface area contributed by atoms with E-state index < -0.39 is 23.4 Å². The first kappa shape index (κ1) is 11.9. The average molecular weight is 249 g/mol. The number of methoxy groups -OCH3 is 1. The number of ether oxygens (including phenoxy) is 1. The minimum absolute atomic E-state index is 0.277. The number of rotatable bonds is 3. The van der Waals surface area contributed by atoms with Gasteiger partial charge in [-0.2, -0.15) is 0 Å². The Hall–Kier alpha value is -2.57. The van der Waals surface area contributed by atoms with Gasteiger partial charge >= 0.3 is 6.03 Å². The predicted molar refractivity (Wildman–Crippen MR) is 60.5 cm³/mol. The lowest BCUT2D eigenvalue weighted by atomic mass is 9.89. The summed E-state index contributed by atoms with van der Waals surface area (Å²) in [6.07, 6.45) is 0. The van der Waals surface area contributed by atoms with Crippen molar-refractivity contribution >= 4 is 17.8 Å². The van der Waals surface area contributed by atoms with Crippen LogP contribution in [0.2, 0.25) is 0 Å². The summed E-state index contributed by atoms with van der Waals surface area (Å²) in [6.45, 7) is 0. The molecule has 4 N–H and O–H groups in total. The minimum atomic E-state index is -1.86. The summed E-state index contributed by atoms with van der Waals surface area (Å²) in [7, 11) is 1.49. The van der Waals surface area contributed by atoms with Crippen LogP contribution < -0.4 is 21.1 Å². The number of carbonyl (C=O) groups is 3. The van der Waals surface area contributed by atoms with Gasteiger partial charge in [0.1, 0.15) is 5.75 Å². The van der Waals surface area contributed by atoms with Gasteiger partial charge in [0, 0.05) is 0 Å². The Morgan fingerprint density at radius 2 is 1.89 bits per heavy atom. The van der Waals surface area contributed by atoms with Crippen LogP contribution >= 0.6 is 0 Å². The maximum absolute atomic E-state index is 11.8. The second kappa shape index (κ2) is 4.02. The van der Waals surface area contributed by atoms with E-state index in [2.05, 4.69) is 5.32 Å². The zero-order valence-corrected chi connectivity index (χ0v) is 9.52. The van der Waals surface area contributed by atoms with Crippen LogP contribution in [0.25, 0.3) is 0 Å². The molecule has 1 aromatic rings. The first-order valence-electron chi connectivity index (χ1n) is 5.08. The van der Waals surface area contributed by atoms with E-state index in [1.807, 2.05) is 5.32 Å². The smallest absolute Gasteiger partial charge is 0.323 e. The number of hydrogen-bond donors (Lipinski definition) is 3. The molecule has 0 saturated carbocycles. The molecule has 1 aromatic carbocycles. The fourth-order valence-corrected chi connectivity index (χ4v) is 1.82. The number of nitrogens with one attached hydrogen (secondary N) is 2. The molecule has 0 radical (unpaired) electrons. The number of amides is 4. The molecular weight excluding hydrogens is 238 g/mol. The van der Waals surface area contributed by atoms with E-state index in [0.717, 1.165) is 0 Å². The molecule has 7 nitrogen and oxygen atoms in total. The molecule has 1 atom stereocenters. The SMILES string of the molecule is COc1ccc([C@]2(C(N)=O)NC(=O)NC2=O)cc1. The number of hydrogen-bond acceptors (Lipinski definition) is 4. The second-order valence-electron chi connectivity index (χ2n) is 3.75. The van der Waals surface area contributed by atoms with Crippen molar-refractivity contribution in [2.24, 2.45) is 5.73 Å². The molecule has 1 heterocycles. The van der Waals surface area contributed by atoms with Crippen molar-refractivity contribution in [1.82, 2.24) is 10.6 Å². The Balaban J connectivity index is 2.51. The normalized spacial score (nSPS) is 22.3. The Kier molecular flexibility index (Phi) is 2.66. The number of nitrogens with two attached hydrogens (primary N) is 1. The Morgan fingerprint density at radius 3 is 2.28 bits per heavy atom. The van der Waals surface area contributed by atoms with Crippen molar-refractivity contribution in [2.75, 3.05) is 7.11 Å². The van der Waals surface area contributed by atoms with Gasteiger partial charge in [-0.1, -0.05) is 12.1 Å². The standard InChI is InChI=1S/C11H11N3O4/c1-18-7-4-2-6(3-5-7)11(8(12)15)9(16)13-10(17)14-11/h2-5H,1H3,(H2,12,15)(H2,13,14,16,17)/t11-/m1/s1. The second-order valence-corrected chi connectivity index (χ2v) is 3.75. The van der Waals surface area contributed by atoms with Gasteiger partial charge in [0.05, 0.1) is 7.11 Å². The molecule has 0 unspecified atom stereocenters. The summed E-state index contributed by atoms with van der Waals surface area (Å²) in [5.74, 6) is -1.18. The first-order valence-corrected chi connectivity index (χ1v) is 5.08. The van der Waals surface area contributed by atoms with Gasteiger partial charge in [0.2, 0.25) is 5.54 Å². The van der Waals surface area contributed by atoms with Gasteiger partial charge in [-0.3, -0.25) is 14.9 Å². The highest BCUT2D eigenvalue weighted by Gasteiger charge is 2.52. The first-order chi connectivity index (χ1) is 8.50. The van der Waals surface area contributed by atoms with Crippen LogP contribution in [0.3, 0.4) is 0 Å². The summed E-state index contributed by atoms with van der Waals surface area (Å²) in [5.41, 5.74) is 3.66. The van der Waals surface area contributed by atoms with Crippen LogP contribution in [0, 0.1) is 0 Å². The summed E-state index contributed by atoms with van der Waals surface area (Å²) in [4.78, 5) is 34.5. The fourth-order valence-electron chi connectivity index (χ4n) is 1.82. The topological polar surface area (TPSA) is 111 Å². The highest BCUT2D eigenvalue weighted by Crippen LogP contribution is 2.26. The highest BCUT2D eigenvalue weighted by atomic mass is 16.5. The quantitative estimate of drug-likeness (QED) is 0.481. The number of benzene rings is 1. The van der Waals surface area contributed by atoms with E-state index in [4.69, 9.17) is 10.5 Å². The van der Waals surface area contributed by atoms with E-state index in [0.29, 0.717) is 5.75 Å². The highest BCUT2D eigenvalue weighted by molar-refractivity contribution is 6.20. The monoisotopic (exact) mass is 249 g/mol.